The van der Waals surface area contributed by atoms with E-state index in [1.54, 1.807) is 24.3 Å². The maximum atomic E-state index is 14.0. The molecule has 3 aromatic rings. The number of carbonyl (C=O) groups excluding carboxylic acids is 1. The van der Waals surface area contributed by atoms with Gasteiger partial charge in [-0.05, 0) is 59.2 Å². The number of amides is 1. The number of carbonyl (C=O) groups is 1. The summed E-state index contributed by atoms with van der Waals surface area (Å²) in [4.78, 5) is 11.8. The number of fused-ring (bicyclic) bond motifs is 1. The maximum absolute atomic E-state index is 14.0. The summed E-state index contributed by atoms with van der Waals surface area (Å²) in [6.07, 6.45) is 0. The van der Waals surface area contributed by atoms with Crippen LogP contribution >= 0.6 is 0 Å². The third-order valence-corrected chi connectivity index (χ3v) is 4.38. The van der Waals surface area contributed by atoms with Gasteiger partial charge in [-0.2, -0.15) is 0 Å². The van der Waals surface area contributed by atoms with Gasteiger partial charge in [-0.1, -0.05) is 12.1 Å². The van der Waals surface area contributed by atoms with Crippen LogP contribution in [0.25, 0.3) is 11.1 Å². The Morgan fingerprint density at radius 3 is 2.18 bits per heavy atom. The second-order valence-electron chi connectivity index (χ2n) is 6.26. The minimum absolute atomic E-state index is 0.222. The predicted molar refractivity (Wildman–Crippen MR) is 104 cm³/mol. The monoisotopic (exact) mass is 383 g/mol. The van der Waals surface area contributed by atoms with Gasteiger partial charge in [0.05, 0.1) is 12.2 Å². The van der Waals surface area contributed by atoms with Gasteiger partial charge in [-0.3, -0.25) is 4.79 Å². The summed E-state index contributed by atoms with van der Waals surface area (Å²) < 4.78 is 26.1. The normalized spacial score (nSPS) is 12.0. The molecule has 1 amide bonds. The predicted octanol–water partition coefficient (Wildman–Crippen LogP) is 3.22. The summed E-state index contributed by atoms with van der Waals surface area (Å²) in [6, 6.07) is 13.5. The van der Waals surface area contributed by atoms with E-state index in [1.807, 2.05) is 0 Å². The average Bonchev–Trinajstić information content (AvgIpc) is 3.07. The van der Waals surface area contributed by atoms with Gasteiger partial charge >= 0.3 is 0 Å². The Balaban J connectivity index is 0.000000236. The van der Waals surface area contributed by atoms with E-state index < -0.39 is 5.82 Å². The standard InChI is InChI=1S/C15H13FN2O2.C6H6FN/c16-13-5-9(17)2-4-11(13)10-3-1-8(7-19)14-12(10)6-18-15(14)20;7-5-1-3-6(8)4-2-5/h1-5,19H,6-7,17H2,(H,18,20);1-4H,8H2. The van der Waals surface area contributed by atoms with Crippen molar-refractivity contribution in [3.05, 3.63) is 82.9 Å². The van der Waals surface area contributed by atoms with Gasteiger partial charge < -0.3 is 21.9 Å². The molecule has 0 saturated heterocycles. The first-order valence-corrected chi connectivity index (χ1v) is 8.51. The number of aliphatic hydroxyl groups is 1. The zero-order valence-corrected chi connectivity index (χ0v) is 14.9. The molecule has 1 heterocycles. The van der Waals surface area contributed by atoms with Gasteiger partial charge in [-0.25, -0.2) is 8.78 Å². The van der Waals surface area contributed by atoms with Crippen molar-refractivity contribution in [3.63, 3.8) is 0 Å². The fourth-order valence-corrected chi connectivity index (χ4v) is 3.02. The van der Waals surface area contributed by atoms with Crippen LogP contribution in [0.2, 0.25) is 0 Å². The number of rotatable bonds is 2. The minimum atomic E-state index is -0.428. The SMILES string of the molecule is Nc1ccc(-c2ccc(CO)c3c2CNC3=O)c(F)c1.Nc1ccc(F)cc1. The molecule has 0 aliphatic carbocycles. The fourth-order valence-electron chi connectivity index (χ4n) is 3.02. The lowest BCUT2D eigenvalue weighted by atomic mass is 9.93. The first-order chi connectivity index (χ1) is 13.4. The van der Waals surface area contributed by atoms with Gasteiger partial charge in [0.2, 0.25) is 0 Å². The van der Waals surface area contributed by atoms with Crippen molar-refractivity contribution in [2.24, 2.45) is 0 Å². The van der Waals surface area contributed by atoms with Crippen molar-refractivity contribution >= 4 is 17.3 Å². The molecule has 144 valence electrons. The van der Waals surface area contributed by atoms with E-state index in [9.17, 15) is 18.7 Å². The van der Waals surface area contributed by atoms with E-state index in [4.69, 9.17) is 11.5 Å². The van der Waals surface area contributed by atoms with E-state index in [0.717, 1.165) is 0 Å². The molecule has 1 aliphatic rings. The number of aliphatic hydroxyl groups excluding tert-OH is 1. The largest absolute Gasteiger partial charge is 0.399 e. The molecule has 7 heteroatoms. The second kappa shape index (κ2) is 8.06. The second-order valence-corrected chi connectivity index (χ2v) is 6.26. The molecule has 1 aliphatic heterocycles. The highest BCUT2D eigenvalue weighted by molar-refractivity contribution is 6.02. The summed E-state index contributed by atoms with van der Waals surface area (Å²) in [6.45, 7) is 0.113. The number of nitrogens with one attached hydrogen (secondary N) is 1. The van der Waals surface area contributed by atoms with Crippen molar-refractivity contribution in [2.75, 3.05) is 11.5 Å². The molecule has 0 atom stereocenters. The molecular weight excluding hydrogens is 364 g/mol. The molecule has 0 spiro atoms. The third-order valence-electron chi connectivity index (χ3n) is 4.38. The van der Waals surface area contributed by atoms with Crippen molar-refractivity contribution in [3.8, 4) is 11.1 Å². The lowest BCUT2D eigenvalue weighted by Gasteiger charge is -2.11. The van der Waals surface area contributed by atoms with E-state index in [-0.39, 0.29) is 18.3 Å². The van der Waals surface area contributed by atoms with Crippen molar-refractivity contribution in [1.82, 2.24) is 5.32 Å². The molecule has 3 aromatic carbocycles. The summed E-state index contributed by atoms with van der Waals surface area (Å²) in [5.74, 6) is -0.913. The van der Waals surface area contributed by atoms with E-state index >= 15 is 0 Å². The first kappa shape index (κ1) is 19.3. The van der Waals surface area contributed by atoms with Crippen LogP contribution in [0, 0.1) is 11.6 Å². The Kier molecular flexibility index (Phi) is 5.56. The van der Waals surface area contributed by atoms with Crippen LogP contribution in [0.5, 0.6) is 0 Å². The van der Waals surface area contributed by atoms with Gasteiger partial charge in [0, 0.05) is 23.5 Å². The average molecular weight is 383 g/mol. The molecule has 0 fully saturated rings. The van der Waals surface area contributed by atoms with Gasteiger partial charge in [0.15, 0.2) is 0 Å². The maximum Gasteiger partial charge on any atom is 0.252 e. The topological polar surface area (TPSA) is 101 Å². The molecule has 0 saturated carbocycles. The molecule has 4 rings (SSSR count). The summed E-state index contributed by atoms with van der Waals surface area (Å²) in [5.41, 5.74) is 14.5. The molecule has 6 N–H and O–H groups in total. The molecular formula is C21H19F2N3O2. The van der Waals surface area contributed by atoms with E-state index in [1.165, 1.54) is 30.3 Å². The molecule has 0 unspecified atom stereocenters. The number of hydrogen-bond acceptors (Lipinski definition) is 4. The zero-order valence-electron chi connectivity index (χ0n) is 14.9. The fraction of sp³-hybridized carbons (Fsp3) is 0.0952. The molecule has 5 nitrogen and oxygen atoms in total. The van der Waals surface area contributed by atoms with Crippen LogP contribution < -0.4 is 16.8 Å². The molecule has 0 aromatic heterocycles. The van der Waals surface area contributed by atoms with Crippen LogP contribution in [0.4, 0.5) is 20.2 Å². The van der Waals surface area contributed by atoms with Crippen molar-refractivity contribution < 1.29 is 18.7 Å². The van der Waals surface area contributed by atoms with Crippen LogP contribution in [-0.2, 0) is 13.2 Å². The van der Waals surface area contributed by atoms with Crippen LogP contribution in [-0.4, -0.2) is 11.0 Å². The lowest BCUT2D eigenvalue weighted by Crippen LogP contribution is -2.13. The third kappa shape index (κ3) is 3.94. The molecule has 0 bridgehead atoms. The number of nitrogen functional groups attached to an aromatic ring is 2. The van der Waals surface area contributed by atoms with E-state index in [0.29, 0.717) is 45.7 Å². The summed E-state index contributed by atoms with van der Waals surface area (Å²) in [7, 11) is 0. The van der Waals surface area contributed by atoms with E-state index in [2.05, 4.69) is 5.32 Å². The highest BCUT2D eigenvalue weighted by Crippen LogP contribution is 2.33. The van der Waals surface area contributed by atoms with Crippen molar-refractivity contribution in [1.29, 1.82) is 0 Å². The Morgan fingerprint density at radius 1 is 0.929 bits per heavy atom. The Morgan fingerprint density at radius 2 is 1.57 bits per heavy atom. The molecule has 28 heavy (non-hydrogen) atoms. The Labute approximate surface area is 160 Å². The summed E-state index contributed by atoms with van der Waals surface area (Å²) in [5, 5.41) is 12.0. The number of halogens is 2. The quantitative estimate of drug-likeness (QED) is 0.511. The van der Waals surface area contributed by atoms with Crippen molar-refractivity contribution in [2.45, 2.75) is 13.2 Å². The number of benzene rings is 3. The summed E-state index contributed by atoms with van der Waals surface area (Å²) >= 11 is 0. The molecule has 0 radical (unpaired) electrons. The highest BCUT2D eigenvalue weighted by Gasteiger charge is 2.26. The van der Waals surface area contributed by atoms with Crippen LogP contribution in [0.3, 0.4) is 0 Å². The first-order valence-electron chi connectivity index (χ1n) is 8.51. The zero-order chi connectivity index (χ0) is 20.3. The number of nitrogens with two attached hydrogens (primary N) is 2. The van der Waals surface area contributed by atoms with Crippen LogP contribution in [0.15, 0.2) is 54.6 Å². The Bertz CT molecular complexity index is 1000. The highest BCUT2D eigenvalue weighted by atomic mass is 19.1. The lowest BCUT2D eigenvalue weighted by molar-refractivity contribution is 0.0963. The number of hydrogen-bond donors (Lipinski definition) is 4. The van der Waals surface area contributed by atoms with Gasteiger partial charge in [0.25, 0.3) is 5.91 Å². The van der Waals surface area contributed by atoms with Crippen LogP contribution in [0.1, 0.15) is 21.5 Å². The smallest absolute Gasteiger partial charge is 0.252 e. The van der Waals surface area contributed by atoms with Gasteiger partial charge in [-0.15, -0.1) is 0 Å². The minimum Gasteiger partial charge on any atom is -0.399 e. The van der Waals surface area contributed by atoms with Gasteiger partial charge in [0.1, 0.15) is 11.6 Å². The number of anilines is 2. The Hall–Kier alpha value is -3.45.